The van der Waals surface area contributed by atoms with Crippen LogP contribution >= 0.6 is 11.3 Å². The molecule has 2 fully saturated rings. The Balaban J connectivity index is 1.77. The number of carbonyl (C=O) groups excluding carboxylic acids is 1. The van der Waals surface area contributed by atoms with Gasteiger partial charge >= 0.3 is 0 Å². The molecular formula is C15H22N2O2S2. The second kappa shape index (κ2) is 5.82. The van der Waals surface area contributed by atoms with Gasteiger partial charge in [-0.1, -0.05) is 6.92 Å². The molecule has 1 aromatic heterocycles. The third-order valence-corrected chi connectivity index (χ3v) is 8.03. The standard InChI is InChI=1S/C15H22N2O2S2/c1-2-13-12(3-8-20-13)14(18)17-21(19)9-5-15(6-10-21)4-7-16-11-15/h3,8,16H,2,4-7,9-11H2,1H3. The van der Waals surface area contributed by atoms with Gasteiger partial charge in [-0.3, -0.25) is 4.79 Å². The molecule has 0 aromatic carbocycles. The Morgan fingerprint density at radius 1 is 1.43 bits per heavy atom. The minimum absolute atomic E-state index is 0.279. The average molecular weight is 326 g/mol. The zero-order valence-electron chi connectivity index (χ0n) is 12.4. The molecule has 116 valence electrons. The molecule has 0 aliphatic carbocycles. The van der Waals surface area contributed by atoms with Gasteiger partial charge in [-0.2, -0.15) is 4.36 Å². The topological polar surface area (TPSA) is 58.5 Å². The van der Waals surface area contributed by atoms with E-state index in [-0.39, 0.29) is 5.91 Å². The first-order valence-corrected chi connectivity index (χ1v) is 10.3. The fourth-order valence-electron chi connectivity index (χ4n) is 3.30. The molecule has 3 rings (SSSR count). The number of carbonyl (C=O) groups is 1. The summed E-state index contributed by atoms with van der Waals surface area (Å²) < 4.78 is 17.0. The van der Waals surface area contributed by atoms with Gasteiger partial charge in [-0.15, -0.1) is 11.3 Å². The van der Waals surface area contributed by atoms with Crippen LogP contribution in [0, 0.1) is 5.41 Å². The minimum atomic E-state index is -2.35. The third kappa shape index (κ3) is 3.07. The predicted octanol–water partition coefficient (Wildman–Crippen LogP) is 2.69. The Bertz CT molecular complexity index is 634. The van der Waals surface area contributed by atoms with Gasteiger partial charge in [0.15, 0.2) is 0 Å². The van der Waals surface area contributed by atoms with E-state index in [4.69, 9.17) is 0 Å². The summed E-state index contributed by atoms with van der Waals surface area (Å²) in [6, 6.07) is 1.81. The molecule has 21 heavy (non-hydrogen) atoms. The highest BCUT2D eigenvalue weighted by Crippen LogP contribution is 2.38. The van der Waals surface area contributed by atoms with E-state index in [0.29, 0.717) is 22.5 Å². The van der Waals surface area contributed by atoms with Crippen LogP contribution in [0.5, 0.6) is 0 Å². The fraction of sp³-hybridized carbons (Fsp3) is 0.667. The lowest BCUT2D eigenvalue weighted by Crippen LogP contribution is -2.35. The number of hydrogen-bond donors (Lipinski definition) is 1. The normalized spacial score (nSPS) is 32.4. The molecule has 0 saturated carbocycles. The van der Waals surface area contributed by atoms with Crippen LogP contribution in [-0.4, -0.2) is 34.7 Å². The molecule has 2 saturated heterocycles. The highest BCUT2D eigenvalue weighted by atomic mass is 32.2. The van der Waals surface area contributed by atoms with Gasteiger partial charge in [-0.05, 0) is 49.1 Å². The van der Waals surface area contributed by atoms with Gasteiger partial charge in [-0.25, -0.2) is 4.21 Å². The van der Waals surface area contributed by atoms with Crippen LogP contribution < -0.4 is 5.32 Å². The summed E-state index contributed by atoms with van der Waals surface area (Å²) >= 11 is 1.57. The molecule has 6 heteroatoms. The van der Waals surface area contributed by atoms with Gasteiger partial charge in [0.05, 0.1) is 15.3 Å². The maximum Gasteiger partial charge on any atom is 0.286 e. The zero-order chi connectivity index (χ0) is 14.9. The van der Waals surface area contributed by atoms with Crippen LogP contribution in [0.25, 0.3) is 0 Å². The van der Waals surface area contributed by atoms with Crippen LogP contribution in [0.15, 0.2) is 15.8 Å². The molecule has 2 aliphatic rings. The van der Waals surface area contributed by atoms with Crippen molar-refractivity contribution >= 4 is 27.0 Å². The Morgan fingerprint density at radius 3 is 2.81 bits per heavy atom. The summed E-state index contributed by atoms with van der Waals surface area (Å²) in [6.07, 6.45) is 3.85. The van der Waals surface area contributed by atoms with E-state index in [1.807, 2.05) is 18.4 Å². The molecule has 2 aliphatic heterocycles. The molecule has 0 bridgehead atoms. The van der Waals surface area contributed by atoms with Gasteiger partial charge in [0.2, 0.25) is 0 Å². The van der Waals surface area contributed by atoms with Crippen LogP contribution in [0.1, 0.15) is 41.4 Å². The van der Waals surface area contributed by atoms with Crippen molar-refractivity contribution in [1.82, 2.24) is 5.32 Å². The number of rotatable bonds is 2. The molecule has 3 heterocycles. The SMILES string of the molecule is CCc1sccc1C(=O)N=S1(=O)CCC2(CCNC2)CC1. The molecule has 1 amide bonds. The van der Waals surface area contributed by atoms with Crippen molar-refractivity contribution in [3.8, 4) is 0 Å². The molecule has 0 atom stereocenters. The number of thiophene rings is 1. The second-order valence-corrected chi connectivity index (χ2v) is 9.66. The lowest BCUT2D eigenvalue weighted by atomic mass is 9.81. The Hall–Kier alpha value is -0.720. The lowest BCUT2D eigenvalue weighted by Gasteiger charge is -2.33. The van der Waals surface area contributed by atoms with Crippen molar-refractivity contribution in [2.45, 2.75) is 32.6 Å². The smallest absolute Gasteiger partial charge is 0.286 e. The lowest BCUT2D eigenvalue weighted by molar-refractivity contribution is 0.100. The quantitative estimate of drug-likeness (QED) is 0.909. The minimum Gasteiger partial charge on any atom is -0.316 e. The molecule has 1 aromatic rings. The second-order valence-electron chi connectivity index (χ2n) is 6.12. The Kier molecular flexibility index (Phi) is 4.21. The van der Waals surface area contributed by atoms with Crippen molar-refractivity contribution in [1.29, 1.82) is 0 Å². The molecule has 4 nitrogen and oxygen atoms in total. The van der Waals surface area contributed by atoms with E-state index in [1.165, 1.54) is 6.42 Å². The van der Waals surface area contributed by atoms with Crippen molar-refractivity contribution in [3.05, 3.63) is 21.9 Å². The first kappa shape index (κ1) is 15.2. The Morgan fingerprint density at radius 2 is 2.19 bits per heavy atom. The first-order valence-electron chi connectivity index (χ1n) is 7.60. The fourth-order valence-corrected chi connectivity index (χ4v) is 6.41. The molecular weight excluding hydrogens is 304 g/mol. The molecule has 0 radical (unpaired) electrons. The molecule has 0 unspecified atom stereocenters. The van der Waals surface area contributed by atoms with Gasteiger partial charge in [0, 0.05) is 22.9 Å². The number of nitrogens with one attached hydrogen (secondary N) is 1. The van der Waals surface area contributed by atoms with E-state index in [0.717, 1.165) is 37.2 Å². The van der Waals surface area contributed by atoms with Crippen LogP contribution in [0.3, 0.4) is 0 Å². The van der Waals surface area contributed by atoms with Gasteiger partial charge in [0.25, 0.3) is 5.91 Å². The summed E-state index contributed by atoms with van der Waals surface area (Å²) in [5.74, 6) is 0.872. The maximum absolute atomic E-state index is 12.8. The summed E-state index contributed by atoms with van der Waals surface area (Å²) in [5, 5.41) is 5.31. The average Bonchev–Trinajstić information content (AvgIpc) is 3.12. The van der Waals surface area contributed by atoms with Crippen LogP contribution in [0.4, 0.5) is 0 Å². The predicted molar refractivity (Wildman–Crippen MR) is 87.5 cm³/mol. The first-order chi connectivity index (χ1) is 10.1. The number of amides is 1. The Labute approximate surface area is 130 Å². The highest BCUT2D eigenvalue weighted by molar-refractivity contribution is 7.93. The number of nitrogens with zero attached hydrogens (tertiary/aromatic N) is 1. The van der Waals surface area contributed by atoms with Crippen molar-refractivity contribution in [2.75, 3.05) is 24.6 Å². The largest absolute Gasteiger partial charge is 0.316 e. The van der Waals surface area contributed by atoms with E-state index < -0.39 is 9.73 Å². The van der Waals surface area contributed by atoms with Crippen LogP contribution in [-0.2, 0) is 16.1 Å². The van der Waals surface area contributed by atoms with E-state index in [9.17, 15) is 9.00 Å². The summed E-state index contributed by atoms with van der Waals surface area (Å²) in [5.41, 5.74) is 0.962. The van der Waals surface area contributed by atoms with Gasteiger partial charge < -0.3 is 5.32 Å². The zero-order valence-corrected chi connectivity index (χ0v) is 14.0. The number of aryl methyl sites for hydroxylation is 1. The van der Waals surface area contributed by atoms with Crippen LogP contribution in [0.2, 0.25) is 0 Å². The van der Waals surface area contributed by atoms with Gasteiger partial charge in [0.1, 0.15) is 0 Å². The summed E-state index contributed by atoms with van der Waals surface area (Å²) in [4.78, 5) is 13.4. The molecule has 1 N–H and O–H groups in total. The summed E-state index contributed by atoms with van der Waals surface area (Å²) in [7, 11) is -2.35. The van der Waals surface area contributed by atoms with Crippen molar-refractivity contribution in [3.63, 3.8) is 0 Å². The highest BCUT2D eigenvalue weighted by Gasteiger charge is 2.38. The molecule has 1 spiro atoms. The summed E-state index contributed by atoms with van der Waals surface area (Å²) in [6.45, 7) is 4.12. The van der Waals surface area contributed by atoms with Crippen molar-refractivity contribution < 1.29 is 9.00 Å². The van der Waals surface area contributed by atoms with E-state index in [1.54, 1.807) is 11.3 Å². The van der Waals surface area contributed by atoms with E-state index >= 15 is 0 Å². The monoisotopic (exact) mass is 326 g/mol. The maximum atomic E-state index is 12.8. The number of hydrogen-bond acceptors (Lipinski definition) is 4. The van der Waals surface area contributed by atoms with Crippen molar-refractivity contribution in [2.24, 2.45) is 9.78 Å². The third-order valence-electron chi connectivity index (χ3n) is 4.78. The van der Waals surface area contributed by atoms with E-state index in [2.05, 4.69) is 9.68 Å².